The minimum absolute atomic E-state index is 0.0182. The third-order valence-electron chi connectivity index (χ3n) is 7.83. The smallest absolute Gasteiger partial charge is 0.337 e. The highest BCUT2D eigenvalue weighted by atomic mass is 16.5. The molecule has 12 heteroatoms. The number of carbonyl (C=O) groups excluding carboxylic acids is 4. The Morgan fingerprint density at radius 3 is 2.06 bits per heavy atom. The topological polar surface area (TPSA) is 146 Å². The number of benzene rings is 3. The number of ether oxygens (including phenoxy) is 7. The maximum Gasteiger partial charge on any atom is 0.337 e. The van der Waals surface area contributed by atoms with E-state index < -0.39 is 23.8 Å². The standard InChI is InChI=1S/C35H28O12/c1-40-26-16-28(42-3)27(41-2)13-18(26)14-29-32(37)21-6-7-25-31(33(21)47-29)22(15-30(36)46-25)24-9-8-23(45-24)17-10-19(34(38)43-4)12-20(11-17)35(39)44-5/h6-14,16,22H,15H2,1-5H3/b29-14-/t22-/m1/s1. The second-order valence-corrected chi connectivity index (χ2v) is 10.5. The molecule has 47 heavy (non-hydrogen) atoms. The fraction of sp³-hybridized carbons (Fsp3) is 0.200. The van der Waals surface area contributed by atoms with E-state index in [-0.39, 0.29) is 46.2 Å². The number of carbonyl (C=O) groups is 4. The molecule has 0 spiro atoms. The molecule has 0 fully saturated rings. The molecule has 0 unspecified atom stereocenters. The number of allylic oxidation sites excluding steroid dienone is 1. The average Bonchev–Trinajstić information content (AvgIpc) is 3.71. The summed E-state index contributed by atoms with van der Waals surface area (Å²) < 4.78 is 43.9. The van der Waals surface area contributed by atoms with Gasteiger partial charge in [-0.15, -0.1) is 0 Å². The lowest BCUT2D eigenvalue weighted by Gasteiger charge is -2.24. The molecule has 0 bridgehead atoms. The maximum atomic E-state index is 13.6. The molecule has 4 aromatic rings. The number of esters is 3. The van der Waals surface area contributed by atoms with Gasteiger partial charge in [-0.05, 0) is 54.6 Å². The molecular formula is C35H28O12. The lowest BCUT2D eigenvalue weighted by Crippen LogP contribution is -2.21. The van der Waals surface area contributed by atoms with Crippen molar-refractivity contribution in [1.82, 2.24) is 0 Å². The molecule has 0 amide bonds. The number of methoxy groups -OCH3 is 5. The van der Waals surface area contributed by atoms with E-state index >= 15 is 0 Å². The van der Waals surface area contributed by atoms with Crippen LogP contribution in [0.1, 0.15) is 60.3 Å². The molecule has 0 saturated carbocycles. The van der Waals surface area contributed by atoms with Crippen LogP contribution >= 0.6 is 0 Å². The maximum absolute atomic E-state index is 13.6. The van der Waals surface area contributed by atoms with Crippen LogP contribution in [0.15, 0.2) is 64.8 Å². The molecule has 240 valence electrons. The highest BCUT2D eigenvalue weighted by molar-refractivity contribution is 6.15. The van der Waals surface area contributed by atoms with Crippen LogP contribution in [0.4, 0.5) is 0 Å². The van der Waals surface area contributed by atoms with Crippen molar-refractivity contribution in [2.24, 2.45) is 0 Å². The van der Waals surface area contributed by atoms with Crippen LogP contribution < -0.4 is 23.7 Å². The van der Waals surface area contributed by atoms with Crippen molar-refractivity contribution < 1.29 is 56.8 Å². The van der Waals surface area contributed by atoms with Crippen LogP contribution in [0.25, 0.3) is 17.4 Å². The Hall–Kier alpha value is -6.04. The Kier molecular flexibility index (Phi) is 8.16. The van der Waals surface area contributed by atoms with Gasteiger partial charge in [0, 0.05) is 22.8 Å². The van der Waals surface area contributed by atoms with Gasteiger partial charge in [0.1, 0.15) is 28.8 Å². The SMILES string of the molecule is COC(=O)c1cc(C(=O)OC)cc(-c2ccc([C@H]3CC(=O)Oc4ccc5c(c43)O/C(=C\c3cc(OC)c(OC)cc3OC)C5=O)o2)c1. The normalized spacial score (nSPS) is 15.7. The number of rotatable bonds is 8. The fourth-order valence-electron chi connectivity index (χ4n) is 5.59. The van der Waals surface area contributed by atoms with Gasteiger partial charge in [0.05, 0.1) is 64.6 Å². The third-order valence-corrected chi connectivity index (χ3v) is 7.83. The molecule has 0 saturated heterocycles. The number of Topliss-reactive ketones (excluding diaryl/α,β-unsaturated/α-hetero) is 1. The van der Waals surface area contributed by atoms with Gasteiger partial charge in [0.25, 0.3) is 0 Å². The summed E-state index contributed by atoms with van der Waals surface area (Å²) in [4.78, 5) is 51.0. The summed E-state index contributed by atoms with van der Waals surface area (Å²) in [6.07, 6.45) is 1.43. The number of hydrogen-bond acceptors (Lipinski definition) is 12. The second kappa shape index (κ2) is 12.4. The summed E-state index contributed by atoms with van der Waals surface area (Å²) in [5.41, 5.74) is 1.87. The van der Waals surface area contributed by atoms with Gasteiger partial charge >= 0.3 is 17.9 Å². The number of furan rings is 1. The third kappa shape index (κ3) is 5.54. The van der Waals surface area contributed by atoms with E-state index in [9.17, 15) is 19.2 Å². The van der Waals surface area contributed by atoms with Crippen molar-refractivity contribution in [2.45, 2.75) is 12.3 Å². The van der Waals surface area contributed by atoms with Crippen LogP contribution in [-0.4, -0.2) is 59.2 Å². The summed E-state index contributed by atoms with van der Waals surface area (Å²) in [5.74, 6) is -0.444. The Morgan fingerprint density at radius 1 is 0.766 bits per heavy atom. The van der Waals surface area contributed by atoms with Gasteiger partial charge in [-0.1, -0.05) is 0 Å². The minimum Gasteiger partial charge on any atom is -0.496 e. The van der Waals surface area contributed by atoms with E-state index in [0.29, 0.717) is 45.5 Å². The Balaban J connectivity index is 1.41. The van der Waals surface area contributed by atoms with E-state index in [0.717, 1.165) is 0 Å². The Bertz CT molecular complexity index is 1950. The van der Waals surface area contributed by atoms with E-state index in [1.165, 1.54) is 59.8 Å². The predicted molar refractivity (Wildman–Crippen MR) is 164 cm³/mol. The van der Waals surface area contributed by atoms with Gasteiger partial charge < -0.3 is 37.6 Å². The van der Waals surface area contributed by atoms with Crippen molar-refractivity contribution in [2.75, 3.05) is 35.5 Å². The van der Waals surface area contributed by atoms with Gasteiger partial charge in [0.2, 0.25) is 5.78 Å². The quantitative estimate of drug-likeness (QED) is 0.134. The van der Waals surface area contributed by atoms with Crippen LogP contribution in [0.3, 0.4) is 0 Å². The monoisotopic (exact) mass is 640 g/mol. The zero-order valence-electron chi connectivity index (χ0n) is 26.0. The number of hydrogen-bond donors (Lipinski definition) is 0. The molecule has 0 aliphatic carbocycles. The molecule has 12 nitrogen and oxygen atoms in total. The summed E-state index contributed by atoms with van der Waals surface area (Å²) in [7, 11) is 6.95. The molecule has 2 aliphatic heterocycles. The summed E-state index contributed by atoms with van der Waals surface area (Å²) in [5, 5.41) is 0. The summed E-state index contributed by atoms with van der Waals surface area (Å²) in [6.45, 7) is 0. The minimum atomic E-state index is -0.693. The van der Waals surface area contributed by atoms with E-state index in [2.05, 4.69) is 0 Å². The molecule has 0 N–H and O–H groups in total. The lowest BCUT2D eigenvalue weighted by atomic mass is 9.88. The predicted octanol–water partition coefficient (Wildman–Crippen LogP) is 5.60. The average molecular weight is 641 g/mol. The first-order valence-electron chi connectivity index (χ1n) is 14.2. The first kappa shape index (κ1) is 31.0. The Labute approximate surface area is 268 Å². The van der Waals surface area contributed by atoms with Gasteiger partial charge in [0.15, 0.2) is 17.3 Å². The molecule has 0 radical (unpaired) electrons. The van der Waals surface area contributed by atoms with Crippen molar-refractivity contribution in [3.8, 4) is 40.1 Å². The van der Waals surface area contributed by atoms with Gasteiger partial charge in [-0.25, -0.2) is 9.59 Å². The van der Waals surface area contributed by atoms with Crippen LogP contribution in [0.2, 0.25) is 0 Å². The van der Waals surface area contributed by atoms with Crippen molar-refractivity contribution in [3.05, 3.63) is 93.9 Å². The largest absolute Gasteiger partial charge is 0.496 e. The van der Waals surface area contributed by atoms with Crippen molar-refractivity contribution in [3.63, 3.8) is 0 Å². The summed E-state index contributed by atoms with van der Waals surface area (Å²) in [6, 6.07) is 14.1. The molecule has 6 rings (SSSR count). The van der Waals surface area contributed by atoms with E-state index in [1.54, 1.807) is 36.4 Å². The molecule has 1 aromatic heterocycles. The van der Waals surface area contributed by atoms with Crippen LogP contribution in [0.5, 0.6) is 28.7 Å². The Morgan fingerprint density at radius 2 is 1.43 bits per heavy atom. The second-order valence-electron chi connectivity index (χ2n) is 10.5. The first-order chi connectivity index (χ1) is 22.7. The molecule has 2 aliphatic rings. The number of ketones is 1. The van der Waals surface area contributed by atoms with E-state index in [4.69, 9.17) is 37.6 Å². The first-order valence-corrected chi connectivity index (χ1v) is 14.2. The van der Waals surface area contributed by atoms with Crippen LogP contribution in [0, 0.1) is 0 Å². The number of fused-ring (bicyclic) bond motifs is 3. The zero-order valence-corrected chi connectivity index (χ0v) is 26.0. The van der Waals surface area contributed by atoms with Gasteiger partial charge in [-0.3, -0.25) is 9.59 Å². The van der Waals surface area contributed by atoms with Gasteiger partial charge in [-0.2, -0.15) is 0 Å². The van der Waals surface area contributed by atoms with E-state index in [1.807, 2.05) is 0 Å². The molecular weight excluding hydrogens is 612 g/mol. The molecule has 1 atom stereocenters. The lowest BCUT2D eigenvalue weighted by molar-refractivity contribution is -0.135. The van der Waals surface area contributed by atoms with Crippen molar-refractivity contribution in [1.29, 1.82) is 0 Å². The zero-order chi connectivity index (χ0) is 33.4. The molecule has 3 aromatic carbocycles. The molecule has 3 heterocycles. The highest BCUT2D eigenvalue weighted by Crippen LogP contribution is 2.50. The van der Waals surface area contributed by atoms with Crippen LogP contribution in [-0.2, 0) is 14.3 Å². The highest BCUT2D eigenvalue weighted by Gasteiger charge is 2.40. The fourth-order valence-corrected chi connectivity index (χ4v) is 5.59. The van der Waals surface area contributed by atoms with Crippen molar-refractivity contribution >= 4 is 29.8 Å². The summed E-state index contributed by atoms with van der Waals surface area (Å²) >= 11 is 0.